The third kappa shape index (κ3) is 4.05. The van der Waals surface area contributed by atoms with Crippen LogP contribution in [-0.4, -0.2) is 29.2 Å². The van der Waals surface area contributed by atoms with Gasteiger partial charge in [-0.05, 0) is 37.8 Å². The summed E-state index contributed by atoms with van der Waals surface area (Å²) >= 11 is 0. The first kappa shape index (κ1) is 17.0. The number of nitrogens with one attached hydrogen (secondary N) is 1. The van der Waals surface area contributed by atoms with Crippen LogP contribution < -0.4 is 0 Å². The first-order valence-corrected chi connectivity index (χ1v) is 5.18. The van der Waals surface area contributed by atoms with Gasteiger partial charge in [0.05, 0.1) is 0 Å². The van der Waals surface area contributed by atoms with Crippen molar-refractivity contribution in [3.63, 3.8) is 0 Å². The Hall–Kier alpha value is 1.02. The van der Waals surface area contributed by atoms with Crippen LogP contribution >= 0.6 is 0 Å². The first-order valence-electron chi connectivity index (χ1n) is 5.18. The molecule has 1 radical (unpaired) electrons. The molecule has 2 heterocycles. The summed E-state index contributed by atoms with van der Waals surface area (Å²) in [5.41, 5.74) is 6.78. The maximum atomic E-state index is 10.5. The Kier molecular flexibility index (Phi) is 7.93. The molecule has 2 aliphatic heterocycles. The number of amides is 1. The molecule has 2 fully saturated rings. The molecule has 2 atom stereocenters. The fourth-order valence-corrected chi connectivity index (χ4v) is 2.68. The Labute approximate surface area is 136 Å². The number of carbonyl (C=O) groups is 1. The van der Waals surface area contributed by atoms with Crippen molar-refractivity contribution in [3.05, 3.63) is 12.8 Å². The van der Waals surface area contributed by atoms with Gasteiger partial charge in [-0.25, -0.2) is 0 Å². The van der Waals surface area contributed by atoms with Crippen LogP contribution in [0, 0.1) is 7.05 Å². The van der Waals surface area contributed by atoms with Crippen LogP contribution in [0.1, 0.15) is 32.1 Å². The van der Waals surface area contributed by atoms with E-state index in [9.17, 15) is 4.79 Å². The van der Waals surface area contributed by atoms with Gasteiger partial charge in [0, 0.05) is 53.8 Å². The maximum Gasteiger partial charge on any atom is 0.227 e. The number of hydrogen-bond donors (Lipinski definition) is 0. The molecule has 2 aliphatic rings. The quantitative estimate of drug-likeness (QED) is 0.555. The molecule has 6 heteroatoms. The van der Waals surface area contributed by atoms with Gasteiger partial charge in [0.25, 0.3) is 0 Å². The fraction of sp³-hybridized carbons (Fsp3) is 0.800. The molecule has 16 heavy (non-hydrogen) atoms. The largest absolute Gasteiger partial charge is 0.632 e. The summed E-state index contributed by atoms with van der Waals surface area (Å²) in [6.07, 6.45) is 4.30. The maximum absolute atomic E-state index is 10.5. The van der Waals surface area contributed by atoms with E-state index in [4.69, 9.17) is 10.5 Å². The van der Waals surface area contributed by atoms with Crippen molar-refractivity contribution in [1.29, 1.82) is 0 Å². The van der Waals surface area contributed by atoms with Crippen LogP contribution in [0.5, 0.6) is 0 Å². The van der Waals surface area contributed by atoms with Crippen LogP contribution in [0.3, 0.4) is 0 Å². The summed E-state index contributed by atoms with van der Waals surface area (Å²) in [7, 11) is 4.04. The predicted molar refractivity (Wildman–Crippen MR) is 52.4 cm³/mol. The van der Waals surface area contributed by atoms with Gasteiger partial charge in [0.15, 0.2) is 0 Å². The molecular weight excluding hydrogens is 453 g/mol. The number of fused-ring (bicyclic) bond motifs is 2. The minimum atomic E-state index is -0.898. The second kappa shape index (κ2) is 7.46. The Morgan fingerprint density at radius 1 is 1.31 bits per heavy atom. The monoisotopic (exact) mass is 469 g/mol. The third-order valence-electron chi connectivity index (χ3n) is 3.36. The summed E-state index contributed by atoms with van der Waals surface area (Å²) in [4.78, 5) is 12.7. The van der Waals surface area contributed by atoms with Gasteiger partial charge < -0.3 is 15.4 Å². The molecule has 0 aromatic heterocycles. The number of ether oxygens (including phenoxy) is 1. The summed E-state index contributed by atoms with van der Waals surface area (Å²) in [6.45, 7) is 0. The van der Waals surface area contributed by atoms with E-state index in [-0.39, 0.29) is 59.9 Å². The Balaban J connectivity index is 0.00000112. The molecule has 2 rings (SSSR count). The minimum absolute atomic E-state index is 0. The zero-order valence-electron chi connectivity index (χ0n) is 9.22. The second-order valence-electron chi connectivity index (χ2n) is 4.25. The normalized spacial score (nSPS) is 33.2. The number of nitrogens with zero attached hydrogens (tertiary/aromatic N) is 1. The van der Waals surface area contributed by atoms with E-state index in [0.29, 0.717) is 12.1 Å². The molecule has 1 N–H and O–H groups in total. The molecule has 0 aliphatic carbocycles. The Morgan fingerprint density at radius 3 is 2.25 bits per heavy atom. The van der Waals surface area contributed by atoms with Crippen molar-refractivity contribution in [1.82, 2.24) is 4.90 Å². The molecule has 0 spiro atoms. The van der Waals surface area contributed by atoms with Crippen LogP contribution in [0.25, 0.3) is 5.73 Å². The number of hydrogen-bond acceptors (Lipinski definition) is 3. The molecule has 1 amide bonds. The van der Waals surface area contributed by atoms with E-state index in [0.717, 1.165) is 25.7 Å². The molecular formula is C10H16N2O2WY-2. The van der Waals surface area contributed by atoms with Crippen LogP contribution in [0.15, 0.2) is 0 Å². The topological polar surface area (TPSA) is 53.3 Å². The summed E-state index contributed by atoms with van der Waals surface area (Å²) in [5.74, 6) is 0. The molecule has 2 bridgehead atoms. The average Bonchev–Trinajstić information content (AvgIpc) is 2.05. The minimum Gasteiger partial charge on any atom is -0.632 e. The fourth-order valence-electron chi connectivity index (χ4n) is 2.68. The summed E-state index contributed by atoms with van der Waals surface area (Å²) in [5, 5.41) is 0. The number of piperidine rings is 2. The molecule has 2 saturated heterocycles. The van der Waals surface area contributed by atoms with Gasteiger partial charge in [-0.3, -0.25) is 11.8 Å². The van der Waals surface area contributed by atoms with Gasteiger partial charge >= 0.3 is 0 Å². The molecule has 0 aromatic carbocycles. The SMILES string of the molecule is [CH2-]N1C2CCCC1CC(OC([NH-])=O)C2.[W].[Y]. The second-order valence-corrected chi connectivity index (χ2v) is 4.25. The smallest absolute Gasteiger partial charge is 0.227 e. The van der Waals surface area contributed by atoms with E-state index in [1.807, 2.05) is 0 Å². The van der Waals surface area contributed by atoms with Crippen molar-refractivity contribution >= 4 is 6.09 Å². The predicted octanol–water partition coefficient (Wildman–Crippen LogP) is 2.35. The van der Waals surface area contributed by atoms with E-state index >= 15 is 0 Å². The molecule has 0 aromatic rings. The van der Waals surface area contributed by atoms with E-state index in [1.54, 1.807) is 0 Å². The van der Waals surface area contributed by atoms with Crippen molar-refractivity contribution < 1.29 is 63.3 Å². The standard InChI is InChI=1S/C10H17N2O2.W.Y/c1-12-7-3-2-4-8(12)6-9(5-7)14-10(11)13;;/h7-9H,1-6H2,(H2,11,13);;/q-1;;/p-1. The van der Waals surface area contributed by atoms with E-state index in [2.05, 4.69) is 11.9 Å². The van der Waals surface area contributed by atoms with Crippen LogP contribution in [0.4, 0.5) is 4.79 Å². The van der Waals surface area contributed by atoms with Crippen molar-refractivity contribution in [3.8, 4) is 0 Å². The van der Waals surface area contributed by atoms with Crippen molar-refractivity contribution in [2.24, 2.45) is 0 Å². The van der Waals surface area contributed by atoms with Gasteiger partial charge in [0.1, 0.15) is 6.10 Å². The van der Waals surface area contributed by atoms with Crippen LogP contribution in [-0.2, 0) is 58.5 Å². The van der Waals surface area contributed by atoms with E-state index in [1.165, 1.54) is 6.42 Å². The van der Waals surface area contributed by atoms with Gasteiger partial charge in [-0.2, -0.15) is 0 Å². The molecule has 89 valence electrons. The average molecular weight is 469 g/mol. The molecule has 0 saturated carbocycles. The Morgan fingerprint density at radius 2 is 1.81 bits per heavy atom. The van der Waals surface area contributed by atoms with Gasteiger partial charge in [-0.15, -0.1) is 0 Å². The van der Waals surface area contributed by atoms with Crippen LogP contribution in [0.2, 0.25) is 0 Å². The molecule has 4 nitrogen and oxygen atoms in total. The summed E-state index contributed by atoms with van der Waals surface area (Å²) < 4.78 is 4.95. The van der Waals surface area contributed by atoms with Crippen molar-refractivity contribution in [2.45, 2.75) is 50.3 Å². The van der Waals surface area contributed by atoms with E-state index < -0.39 is 6.09 Å². The number of carbonyl (C=O) groups excluding carboxylic acids is 1. The van der Waals surface area contributed by atoms with Crippen molar-refractivity contribution in [2.75, 3.05) is 0 Å². The summed E-state index contributed by atoms with van der Waals surface area (Å²) in [6, 6.07) is 0.902. The first-order chi connectivity index (χ1) is 6.66. The zero-order chi connectivity index (χ0) is 10.1. The molecule has 2 unspecified atom stereocenters. The van der Waals surface area contributed by atoms with Gasteiger partial charge in [0.2, 0.25) is 6.09 Å². The zero-order valence-corrected chi connectivity index (χ0v) is 15.0. The Bertz CT molecular complexity index is 229. The third-order valence-corrected chi connectivity index (χ3v) is 3.36. The van der Waals surface area contributed by atoms with Gasteiger partial charge in [-0.1, -0.05) is 6.42 Å². The number of rotatable bonds is 1.